The molecule has 1 aliphatic heterocycles. The smallest absolute Gasteiger partial charge is 0.316 e. The number of allylic oxidation sites excluding steroid dienone is 3. The highest BCUT2D eigenvalue weighted by Gasteiger charge is 2.33. The number of thioether (sulfide) groups is 1. The first-order chi connectivity index (χ1) is 58.3. The van der Waals surface area contributed by atoms with Crippen molar-refractivity contribution < 1.29 is 23.5 Å². The lowest BCUT2D eigenvalue weighted by atomic mass is 9.89. The Morgan fingerprint density at radius 1 is 0.468 bits per heavy atom. The van der Waals surface area contributed by atoms with E-state index in [9.17, 15) is 14.4 Å². The minimum atomic E-state index is -0.407. The first-order valence-electron chi connectivity index (χ1n) is 46.0. The first kappa shape index (κ1) is 121. The molecule has 14 rings (SSSR count). The van der Waals surface area contributed by atoms with Gasteiger partial charge in [0.25, 0.3) is 0 Å². The Labute approximate surface area is 767 Å². The van der Waals surface area contributed by atoms with E-state index in [1.165, 1.54) is 84.2 Å². The minimum Gasteiger partial charge on any atom is -0.456 e. The summed E-state index contributed by atoms with van der Waals surface area (Å²) in [6.45, 7) is 59.9. The highest BCUT2D eigenvalue weighted by Crippen LogP contribution is 2.51. The number of rotatable bonds is 20. The molecule has 9 aromatic carbocycles. The Kier molecular flexibility index (Phi) is 68.6. The Morgan fingerprint density at radius 3 is 1.52 bits per heavy atom. The summed E-state index contributed by atoms with van der Waals surface area (Å²) < 4.78 is 12.5. The molecule has 0 saturated heterocycles. The van der Waals surface area contributed by atoms with Crippen LogP contribution in [0.15, 0.2) is 257 Å². The average molecular weight is 1730 g/mol. The molecule has 2 aliphatic rings. The maximum Gasteiger partial charge on any atom is 0.316 e. The van der Waals surface area contributed by atoms with E-state index in [0.717, 1.165) is 61.8 Å². The average Bonchev–Trinajstić information content (AvgIpc) is 1.63. The Balaban J connectivity index is -0.000000659. The van der Waals surface area contributed by atoms with Crippen LogP contribution < -0.4 is 10.1 Å². The van der Waals surface area contributed by atoms with Crippen LogP contribution in [-0.2, 0) is 20.8 Å². The summed E-state index contributed by atoms with van der Waals surface area (Å²) in [5.41, 5.74) is 13.6. The third-order valence-corrected chi connectivity index (χ3v) is 23.6. The molecular weight excluding hydrogens is 1550 g/mol. The van der Waals surface area contributed by atoms with E-state index in [1.54, 1.807) is 28.2 Å². The van der Waals surface area contributed by atoms with Crippen molar-refractivity contribution >= 4 is 100 Å². The summed E-state index contributed by atoms with van der Waals surface area (Å²) in [5, 5.41) is 12.2. The van der Waals surface area contributed by atoms with Crippen LogP contribution in [0.25, 0.3) is 53.8 Å². The quantitative estimate of drug-likeness (QED) is 0.0582. The van der Waals surface area contributed by atoms with Gasteiger partial charge in [-0.25, -0.2) is 0 Å². The number of H-pyrrole nitrogens is 1. The van der Waals surface area contributed by atoms with Crippen molar-refractivity contribution in [1.29, 1.82) is 0 Å². The summed E-state index contributed by atoms with van der Waals surface area (Å²) >= 11 is 3.87. The summed E-state index contributed by atoms with van der Waals surface area (Å²) in [5.74, 6) is 4.41. The number of aromatic amines is 1. The highest BCUT2D eigenvalue weighted by atomic mass is 32.2. The standard InChI is InChI=1S/C16H17N.C16H16O.C16H18S.C14H20O.C12H16O2.C12H14S.C11H15NO.7C2H6.4CH4/c1-3-11(2)12-8-6-10-15-16(12)13-7-4-5-9-14(13)17-15;1-3-11(2)12-8-9-14-13-6-4-5-7-15(13)17-16(14)10-12;1-3-11(2)12-8-6-9-14-13-7-4-5-10-15(13)17-16(12)14;1-3-12(2)14(15)11-7-10-13-8-5-4-6-9-13;1-4-12(2,3)11(13)14-10-8-6-5-7-9-10;1-3-9(2)10-4-5-12-11(8-10)6-7-13-12;1-3-9(2)11(13)12-10-7-5-4-6-8-10;7*1-2;;;;/h4-11,17H,3H2,1-2H3;4-11H,3H2,1-2H3;4-11,13,15H,3H2,1-2H3;4-6,8-9,12H,3,7,10-11H2,1-2H3;5-9H,4H2,1-3H3;4-9H,3H2,1-2H3;4-9H,3H2,1-2H3,(H,12,13);7*1-2H3;4*1H4. The van der Waals surface area contributed by atoms with Gasteiger partial charge in [0.15, 0.2) is 0 Å². The fourth-order valence-electron chi connectivity index (χ4n) is 12.5. The van der Waals surface area contributed by atoms with Gasteiger partial charge in [-0.3, -0.25) is 14.4 Å². The van der Waals surface area contributed by atoms with Crippen molar-refractivity contribution in [2.24, 2.45) is 17.3 Å². The van der Waals surface area contributed by atoms with E-state index >= 15 is 0 Å². The second-order valence-corrected chi connectivity index (χ2v) is 31.2. The lowest BCUT2D eigenvalue weighted by Gasteiger charge is -2.19. The molecule has 12 aromatic rings. The second-order valence-electron chi connectivity index (χ2n) is 29.1. The number of esters is 1. The lowest BCUT2D eigenvalue weighted by Crippen LogP contribution is -2.28. The largest absolute Gasteiger partial charge is 0.456 e. The predicted octanol–water partition coefficient (Wildman–Crippen LogP) is 38.3. The number of furan rings is 1. The van der Waals surface area contributed by atoms with Gasteiger partial charge >= 0.3 is 5.97 Å². The zero-order valence-corrected chi connectivity index (χ0v) is 81.4. The van der Waals surface area contributed by atoms with Gasteiger partial charge in [-0.2, -0.15) is 0 Å². The Hall–Kier alpha value is -9.02. The molecule has 8 atom stereocenters. The number of anilines is 1. The molecule has 0 spiro atoms. The van der Waals surface area contributed by atoms with Gasteiger partial charge in [-0.1, -0.05) is 399 Å². The van der Waals surface area contributed by atoms with Crippen LogP contribution >= 0.6 is 23.1 Å². The molecule has 1 aliphatic carbocycles. The van der Waals surface area contributed by atoms with Gasteiger partial charge in [-0.15, -0.1) is 23.1 Å². The molecule has 3 aromatic heterocycles. The SMILES string of the molecule is C.C.C.C.CC.CC.CC.CC.CC.CC.CC.CCC(C)(C)C(=O)Oc1ccccc1.CCC(C)C(=O)CCCc1ccccc1.CCC(C)C(=O)Nc1ccccc1.CCC(C)c1ccc2c(c1)oc1ccccc12.CCC(C)c1ccc2sccc2c1.CCC(C)c1cccc2[nH]c3ccccc3c12.CCC(C)c1cccc2c1SC1C=CC=CC21. The summed E-state index contributed by atoms with van der Waals surface area (Å²) in [4.78, 5) is 39.7. The lowest BCUT2D eigenvalue weighted by molar-refractivity contribution is -0.144. The van der Waals surface area contributed by atoms with Gasteiger partial charge in [0.05, 0.1) is 5.41 Å². The zero-order chi connectivity index (χ0) is 90.1. The normalized spacial score (nSPS) is 13.1. The molecule has 0 radical (unpaired) electrons. The highest BCUT2D eigenvalue weighted by molar-refractivity contribution is 8.00. The number of hydrogen-bond acceptors (Lipinski definition) is 7. The molecule has 0 saturated carbocycles. The van der Waals surface area contributed by atoms with E-state index in [0.29, 0.717) is 46.4 Å². The van der Waals surface area contributed by atoms with Gasteiger partial charge in [-0.05, 0) is 200 Å². The summed E-state index contributed by atoms with van der Waals surface area (Å²) in [6, 6.07) is 74.8. The number of para-hydroxylation sites is 4. The van der Waals surface area contributed by atoms with Crippen LogP contribution in [0.2, 0.25) is 0 Å². The monoisotopic (exact) mass is 1730 g/mol. The Morgan fingerprint density at radius 2 is 0.952 bits per heavy atom. The third-order valence-electron chi connectivity index (χ3n) is 21.2. The number of carbonyl (C=O) groups excluding carboxylic acids is 3. The van der Waals surface area contributed by atoms with Crippen molar-refractivity contribution in [2.75, 3.05) is 5.32 Å². The van der Waals surface area contributed by atoms with Crippen LogP contribution in [0.4, 0.5) is 5.69 Å². The fraction of sp³-hybridized carbons (Fsp3) is 0.452. The zero-order valence-electron chi connectivity index (χ0n) is 79.7. The number of aromatic nitrogens is 1. The molecular formula is C115H174N2O5S2. The van der Waals surface area contributed by atoms with Crippen molar-refractivity contribution in [3.05, 3.63) is 281 Å². The second kappa shape index (κ2) is 70.2. The van der Waals surface area contributed by atoms with Gasteiger partial charge in [0.1, 0.15) is 22.7 Å². The molecule has 0 fully saturated rings. The van der Waals surface area contributed by atoms with Crippen LogP contribution in [0.5, 0.6) is 5.75 Å². The van der Waals surface area contributed by atoms with Gasteiger partial charge in [0, 0.05) is 77.3 Å². The molecule has 124 heavy (non-hydrogen) atoms. The molecule has 4 heterocycles. The topological polar surface area (TPSA) is 101 Å². The fourth-order valence-corrected chi connectivity index (χ4v) is 14.8. The van der Waals surface area contributed by atoms with E-state index in [1.807, 2.05) is 229 Å². The van der Waals surface area contributed by atoms with Crippen molar-refractivity contribution in [2.45, 2.75) is 334 Å². The van der Waals surface area contributed by atoms with Crippen molar-refractivity contribution in [1.82, 2.24) is 4.98 Å². The first-order valence-corrected chi connectivity index (χ1v) is 47.7. The number of carbonyl (C=O) groups is 3. The number of Topliss-reactive ketones (excluding diaryl/α,β-unsaturated/α-hetero) is 1. The van der Waals surface area contributed by atoms with Crippen molar-refractivity contribution in [3.8, 4) is 5.75 Å². The number of ether oxygens (including phenoxy) is 1. The van der Waals surface area contributed by atoms with Crippen LogP contribution in [0, 0.1) is 17.3 Å². The number of hydrogen-bond donors (Lipinski definition) is 2. The van der Waals surface area contributed by atoms with E-state index in [4.69, 9.17) is 9.15 Å². The number of amides is 1. The maximum atomic E-state index is 11.6. The van der Waals surface area contributed by atoms with E-state index < -0.39 is 5.41 Å². The van der Waals surface area contributed by atoms with Crippen LogP contribution in [0.1, 0.15) is 351 Å². The minimum absolute atomic E-state index is 0. The molecule has 686 valence electrons. The molecule has 1 amide bonds. The van der Waals surface area contributed by atoms with Gasteiger partial charge in [0.2, 0.25) is 5.91 Å². The van der Waals surface area contributed by atoms with Crippen LogP contribution in [-0.4, -0.2) is 27.9 Å². The number of aryl methyl sites for hydroxylation is 1. The van der Waals surface area contributed by atoms with Crippen LogP contribution in [0.3, 0.4) is 0 Å². The Bertz CT molecular complexity index is 4730. The van der Waals surface area contributed by atoms with Gasteiger partial charge < -0.3 is 19.5 Å². The molecule has 8 unspecified atom stereocenters. The maximum absolute atomic E-state index is 11.6. The number of thiophene rings is 1. The third kappa shape index (κ3) is 38.8. The molecule has 7 nitrogen and oxygen atoms in total. The number of ketones is 1. The summed E-state index contributed by atoms with van der Waals surface area (Å²) in [6.07, 6.45) is 19.2. The number of fused-ring (bicyclic) bond motifs is 10. The predicted molar refractivity (Wildman–Crippen MR) is 564 cm³/mol. The summed E-state index contributed by atoms with van der Waals surface area (Å²) in [7, 11) is 0. The molecule has 9 heteroatoms. The number of benzene rings is 9. The number of nitrogens with one attached hydrogen (secondary N) is 2. The molecule has 2 N–H and O–H groups in total. The van der Waals surface area contributed by atoms with Crippen molar-refractivity contribution in [3.63, 3.8) is 0 Å². The van der Waals surface area contributed by atoms with E-state index in [-0.39, 0.29) is 53.4 Å². The van der Waals surface area contributed by atoms with E-state index in [2.05, 4.69) is 241 Å². The molecule has 0 bridgehead atoms.